The molecule has 4 rings (SSSR count). The molecule has 0 atom stereocenters. The van der Waals surface area contributed by atoms with Crippen molar-refractivity contribution in [3.63, 3.8) is 0 Å². The third-order valence-electron chi connectivity index (χ3n) is 4.70. The van der Waals surface area contributed by atoms with E-state index in [1.54, 1.807) is 24.2 Å². The smallest absolute Gasteiger partial charge is 0.191 e. The Kier molecular flexibility index (Phi) is 6.67. The molecule has 150 valence electrons. The van der Waals surface area contributed by atoms with Gasteiger partial charge in [0.15, 0.2) is 16.8 Å². The second kappa shape index (κ2) is 9.98. The molecule has 0 aliphatic heterocycles. The van der Waals surface area contributed by atoms with Crippen LogP contribution in [-0.2, 0) is 6.54 Å². The fraction of sp³-hybridized carbons (Fsp3) is 0.167. The number of carbonyl (C=O) groups excluding carboxylic acids is 1. The molecule has 30 heavy (non-hydrogen) atoms. The maximum absolute atomic E-state index is 12.3. The van der Waals surface area contributed by atoms with Crippen molar-refractivity contribution in [2.75, 3.05) is 5.75 Å². The number of Topliss-reactive ketones (excluding diaryl/α,β-unsaturated/α-hetero) is 1. The predicted molar refractivity (Wildman–Crippen MR) is 120 cm³/mol. The summed E-state index contributed by atoms with van der Waals surface area (Å²) in [5.74, 6) is 1.78. The minimum atomic E-state index is 0.179. The van der Waals surface area contributed by atoms with Crippen molar-refractivity contribution >= 4 is 17.5 Å². The van der Waals surface area contributed by atoms with Crippen molar-refractivity contribution in [2.45, 2.75) is 24.5 Å². The van der Waals surface area contributed by atoms with Crippen LogP contribution in [0.1, 0.15) is 28.8 Å². The number of ketones is 1. The SMILES string of the molecule is O=C(CCCSc1nnc(-c2cccnc2)n1Cc1ccccc1)c1ccccc1. The zero-order valence-electron chi connectivity index (χ0n) is 16.5. The van der Waals surface area contributed by atoms with Crippen LogP contribution in [0.5, 0.6) is 0 Å². The predicted octanol–water partition coefficient (Wildman–Crippen LogP) is 5.14. The third kappa shape index (κ3) is 5.02. The standard InChI is InChI=1S/C24H22N4OS/c29-22(20-11-5-2-6-12-20)14-8-16-30-24-27-26-23(21-13-7-15-25-17-21)28(24)18-19-9-3-1-4-10-19/h1-7,9-13,15,17H,8,14,16,18H2. The Morgan fingerprint density at radius 1 is 0.900 bits per heavy atom. The molecule has 0 amide bonds. The van der Waals surface area contributed by atoms with Crippen molar-refractivity contribution in [3.8, 4) is 11.4 Å². The van der Waals surface area contributed by atoms with Crippen molar-refractivity contribution < 1.29 is 4.79 Å². The first-order chi connectivity index (χ1) is 14.8. The minimum absolute atomic E-state index is 0.179. The lowest BCUT2D eigenvalue weighted by Gasteiger charge is -2.10. The van der Waals surface area contributed by atoms with Crippen LogP contribution in [0.4, 0.5) is 0 Å². The molecule has 0 fully saturated rings. The summed E-state index contributed by atoms with van der Waals surface area (Å²) in [6, 6.07) is 23.6. The van der Waals surface area contributed by atoms with Gasteiger partial charge in [-0.1, -0.05) is 72.4 Å². The number of hydrogen-bond acceptors (Lipinski definition) is 5. The normalized spacial score (nSPS) is 10.8. The summed E-state index contributed by atoms with van der Waals surface area (Å²) < 4.78 is 2.12. The van der Waals surface area contributed by atoms with Crippen LogP contribution in [0.25, 0.3) is 11.4 Å². The van der Waals surface area contributed by atoms with Gasteiger partial charge in [-0.05, 0) is 24.1 Å². The molecule has 0 N–H and O–H groups in total. The zero-order chi connectivity index (χ0) is 20.6. The van der Waals surface area contributed by atoms with Crippen LogP contribution in [-0.4, -0.2) is 31.3 Å². The van der Waals surface area contributed by atoms with Gasteiger partial charge in [0.05, 0.1) is 6.54 Å². The van der Waals surface area contributed by atoms with Gasteiger partial charge >= 0.3 is 0 Å². The molecule has 6 heteroatoms. The second-order valence-electron chi connectivity index (χ2n) is 6.86. The highest BCUT2D eigenvalue weighted by molar-refractivity contribution is 7.99. The Morgan fingerprint density at radius 3 is 2.40 bits per heavy atom. The quantitative estimate of drug-likeness (QED) is 0.215. The van der Waals surface area contributed by atoms with Crippen LogP contribution >= 0.6 is 11.8 Å². The van der Waals surface area contributed by atoms with Crippen LogP contribution in [0, 0.1) is 0 Å². The summed E-state index contributed by atoms with van der Waals surface area (Å²) in [5, 5.41) is 9.71. The Bertz CT molecular complexity index is 1080. The molecule has 2 heterocycles. The van der Waals surface area contributed by atoms with E-state index in [0.717, 1.165) is 34.3 Å². The van der Waals surface area contributed by atoms with Crippen molar-refractivity contribution in [1.29, 1.82) is 0 Å². The van der Waals surface area contributed by atoms with E-state index in [1.165, 1.54) is 5.56 Å². The zero-order valence-corrected chi connectivity index (χ0v) is 17.3. The van der Waals surface area contributed by atoms with E-state index in [9.17, 15) is 4.79 Å². The second-order valence-corrected chi connectivity index (χ2v) is 7.92. The van der Waals surface area contributed by atoms with E-state index in [-0.39, 0.29) is 5.78 Å². The first kappa shape index (κ1) is 20.0. The summed E-state index contributed by atoms with van der Waals surface area (Å²) in [5.41, 5.74) is 2.89. The largest absolute Gasteiger partial charge is 0.298 e. The van der Waals surface area contributed by atoms with Crippen molar-refractivity contribution in [3.05, 3.63) is 96.3 Å². The number of nitrogens with zero attached hydrogens (tertiary/aromatic N) is 4. The van der Waals surface area contributed by atoms with Gasteiger partial charge in [0.1, 0.15) is 0 Å². The molecule has 4 aromatic rings. The van der Waals surface area contributed by atoms with Crippen LogP contribution in [0.3, 0.4) is 0 Å². The molecule has 0 aliphatic carbocycles. The van der Waals surface area contributed by atoms with Crippen LogP contribution < -0.4 is 0 Å². The monoisotopic (exact) mass is 414 g/mol. The fourth-order valence-corrected chi connectivity index (χ4v) is 4.05. The van der Waals surface area contributed by atoms with Crippen molar-refractivity contribution in [2.24, 2.45) is 0 Å². The van der Waals surface area contributed by atoms with Gasteiger partial charge in [-0.2, -0.15) is 0 Å². The summed E-state index contributed by atoms with van der Waals surface area (Å²) in [6.45, 7) is 0.684. The Hall–Kier alpha value is -3.25. The summed E-state index contributed by atoms with van der Waals surface area (Å²) in [4.78, 5) is 16.5. The molecule has 0 bridgehead atoms. The number of benzene rings is 2. The highest BCUT2D eigenvalue weighted by atomic mass is 32.2. The maximum Gasteiger partial charge on any atom is 0.191 e. The molecule has 0 spiro atoms. The van der Waals surface area contributed by atoms with E-state index in [4.69, 9.17) is 0 Å². The number of rotatable bonds is 9. The van der Waals surface area contributed by atoms with Crippen molar-refractivity contribution in [1.82, 2.24) is 19.7 Å². The topological polar surface area (TPSA) is 60.7 Å². The van der Waals surface area contributed by atoms with E-state index in [0.29, 0.717) is 13.0 Å². The molecule has 2 aromatic heterocycles. The van der Waals surface area contributed by atoms with E-state index in [1.807, 2.05) is 60.7 Å². The average molecular weight is 415 g/mol. The number of pyridine rings is 1. The number of thioether (sulfide) groups is 1. The number of hydrogen-bond donors (Lipinski definition) is 0. The van der Waals surface area contributed by atoms with E-state index < -0.39 is 0 Å². The fourth-order valence-electron chi connectivity index (χ4n) is 3.18. The first-order valence-electron chi connectivity index (χ1n) is 9.90. The molecule has 2 aromatic carbocycles. The summed E-state index contributed by atoms with van der Waals surface area (Å²) in [7, 11) is 0. The molecule has 0 radical (unpaired) electrons. The van der Waals surface area contributed by atoms with Crippen LogP contribution in [0.2, 0.25) is 0 Å². The van der Waals surface area contributed by atoms with Crippen LogP contribution in [0.15, 0.2) is 90.3 Å². The lowest BCUT2D eigenvalue weighted by atomic mass is 10.1. The lowest BCUT2D eigenvalue weighted by molar-refractivity contribution is 0.0982. The van der Waals surface area contributed by atoms with Gasteiger partial charge in [-0.3, -0.25) is 14.3 Å². The Balaban J connectivity index is 1.46. The molecule has 0 saturated heterocycles. The molecule has 5 nitrogen and oxygen atoms in total. The molecule has 0 aliphatic rings. The molecular formula is C24H22N4OS. The highest BCUT2D eigenvalue weighted by Crippen LogP contribution is 2.25. The molecule has 0 saturated carbocycles. The summed E-state index contributed by atoms with van der Waals surface area (Å²) in [6.07, 6.45) is 4.87. The third-order valence-corrected chi connectivity index (χ3v) is 5.75. The average Bonchev–Trinajstić information content (AvgIpc) is 3.20. The maximum atomic E-state index is 12.3. The van der Waals surface area contributed by atoms with Gasteiger partial charge in [-0.25, -0.2) is 0 Å². The molecule has 0 unspecified atom stereocenters. The Labute approximate surface area is 180 Å². The number of carbonyl (C=O) groups is 1. The van der Waals surface area contributed by atoms with Gasteiger partial charge in [0.25, 0.3) is 0 Å². The van der Waals surface area contributed by atoms with E-state index >= 15 is 0 Å². The summed E-state index contributed by atoms with van der Waals surface area (Å²) >= 11 is 1.64. The van der Waals surface area contributed by atoms with E-state index in [2.05, 4.69) is 31.9 Å². The lowest BCUT2D eigenvalue weighted by Crippen LogP contribution is -2.05. The first-order valence-corrected chi connectivity index (χ1v) is 10.9. The number of aromatic nitrogens is 4. The van der Waals surface area contributed by atoms with Gasteiger partial charge in [0, 0.05) is 35.7 Å². The minimum Gasteiger partial charge on any atom is -0.298 e. The van der Waals surface area contributed by atoms with Gasteiger partial charge in [-0.15, -0.1) is 10.2 Å². The highest BCUT2D eigenvalue weighted by Gasteiger charge is 2.15. The van der Waals surface area contributed by atoms with Gasteiger partial charge < -0.3 is 0 Å². The van der Waals surface area contributed by atoms with Gasteiger partial charge in [0.2, 0.25) is 0 Å². The Morgan fingerprint density at radius 2 is 1.67 bits per heavy atom. The molecular weight excluding hydrogens is 392 g/mol.